The van der Waals surface area contributed by atoms with E-state index in [0.29, 0.717) is 16.1 Å². The van der Waals surface area contributed by atoms with Crippen LogP contribution in [0.4, 0.5) is 17.6 Å². The third-order valence-electron chi connectivity index (χ3n) is 2.21. The summed E-state index contributed by atoms with van der Waals surface area (Å²) in [6.45, 7) is 2.83. The molecule has 1 aromatic carbocycles. The normalized spacial score (nSPS) is 13.4. The number of ether oxygens (including phenoxy) is 1. The zero-order valence-electron chi connectivity index (χ0n) is 9.31. The van der Waals surface area contributed by atoms with Gasteiger partial charge < -0.3 is 4.74 Å². The van der Waals surface area contributed by atoms with E-state index >= 15 is 0 Å². The van der Waals surface area contributed by atoms with Crippen molar-refractivity contribution >= 4 is 15.9 Å². The maximum absolute atomic E-state index is 13.3. The van der Waals surface area contributed by atoms with Gasteiger partial charge in [-0.25, -0.2) is 4.39 Å². The van der Waals surface area contributed by atoms with Gasteiger partial charge in [0.1, 0.15) is 5.82 Å². The average molecular weight is 327 g/mol. The third-order valence-corrected chi connectivity index (χ3v) is 2.71. The Labute approximate surface area is 111 Å². The van der Waals surface area contributed by atoms with Crippen molar-refractivity contribution in [2.45, 2.75) is 18.7 Å². The molecule has 0 radical (unpaired) electrons. The zero-order chi connectivity index (χ0) is 13.8. The number of hydrogen-bond acceptors (Lipinski definition) is 1. The summed E-state index contributed by atoms with van der Waals surface area (Å²) < 4.78 is 55.5. The van der Waals surface area contributed by atoms with Crippen molar-refractivity contribution < 1.29 is 22.3 Å². The van der Waals surface area contributed by atoms with Gasteiger partial charge in [0.05, 0.1) is 6.61 Å². The molecule has 1 rings (SSSR count). The van der Waals surface area contributed by atoms with Gasteiger partial charge in [0.2, 0.25) is 0 Å². The van der Waals surface area contributed by atoms with E-state index in [1.165, 1.54) is 18.2 Å². The quantitative estimate of drug-likeness (QED) is 0.580. The molecule has 0 heterocycles. The first kappa shape index (κ1) is 15.2. The van der Waals surface area contributed by atoms with E-state index < -0.39 is 18.1 Å². The van der Waals surface area contributed by atoms with Gasteiger partial charge in [-0.15, -0.1) is 6.58 Å². The molecule has 0 saturated heterocycles. The monoisotopic (exact) mass is 326 g/mol. The van der Waals surface area contributed by atoms with Crippen LogP contribution in [0, 0.1) is 5.82 Å². The lowest BCUT2D eigenvalue weighted by Crippen LogP contribution is -2.30. The Morgan fingerprint density at radius 3 is 2.61 bits per heavy atom. The van der Waals surface area contributed by atoms with E-state index in [1.54, 1.807) is 0 Å². The summed E-state index contributed by atoms with van der Waals surface area (Å²) in [6, 6.07) is 4.27. The van der Waals surface area contributed by atoms with Crippen molar-refractivity contribution in [2.75, 3.05) is 6.61 Å². The standard InChI is InChI=1S/C12H11BrF4O/c1-2-11(12(15,16)17)18-6-5-8-7-9(13)3-4-10(8)14/h2-4,7,11H,1,5-6H2. The summed E-state index contributed by atoms with van der Waals surface area (Å²) in [5.41, 5.74) is 0.300. The summed E-state index contributed by atoms with van der Waals surface area (Å²) in [6.07, 6.45) is -5.77. The van der Waals surface area contributed by atoms with Gasteiger partial charge in [-0.3, -0.25) is 0 Å². The van der Waals surface area contributed by atoms with Gasteiger partial charge in [0.25, 0.3) is 0 Å². The molecule has 0 amide bonds. The van der Waals surface area contributed by atoms with Crippen LogP contribution in [-0.2, 0) is 11.2 Å². The molecule has 0 bridgehead atoms. The first-order valence-electron chi connectivity index (χ1n) is 5.09. The van der Waals surface area contributed by atoms with Gasteiger partial charge in [0.15, 0.2) is 6.10 Å². The van der Waals surface area contributed by atoms with E-state index in [9.17, 15) is 17.6 Å². The van der Waals surface area contributed by atoms with E-state index in [1.807, 2.05) is 0 Å². The van der Waals surface area contributed by atoms with Crippen LogP contribution >= 0.6 is 15.9 Å². The number of hydrogen-bond donors (Lipinski definition) is 0. The van der Waals surface area contributed by atoms with Gasteiger partial charge in [-0.2, -0.15) is 13.2 Å². The summed E-state index contributed by atoms with van der Waals surface area (Å²) >= 11 is 3.16. The van der Waals surface area contributed by atoms with Crippen molar-refractivity contribution in [2.24, 2.45) is 0 Å². The Bertz CT molecular complexity index is 417. The Hall–Kier alpha value is -0.880. The minimum Gasteiger partial charge on any atom is -0.364 e. The van der Waals surface area contributed by atoms with Crippen LogP contribution < -0.4 is 0 Å². The van der Waals surface area contributed by atoms with E-state index in [4.69, 9.17) is 0 Å². The van der Waals surface area contributed by atoms with Crippen molar-refractivity contribution in [3.63, 3.8) is 0 Å². The second kappa shape index (κ2) is 6.33. The third kappa shape index (κ3) is 4.42. The smallest absolute Gasteiger partial charge is 0.364 e. The van der Waals surface area contributed by atoms with Gasteiger partial charge in [0, 0.05) is 4.47 Å². The predicted molar refractivity (Wildman–Crippen MR) is 63.8 cm³/mol. The number of benzene rings is 1. The van der Waals surface area contributed by atoms with Crippen LogP contribution in [0.5, 0.6) is 0 Å². The van der Waals surface area contributed by atoms with Crippen LogP contribution in [0.2, 0.25) is 0 Å². The largest absolute Gasteiger partial charge is 0.418 e. The topological polar surface area (TPSA) is 9.23 Å². The molecule has 1 aromatic rings. The van der Waals surface area contributed by atoms with Crippen molar-refractivity contribution in [1.29, 1.82) is 0 Å². The Balaban J connectivity index is 2.56. The molecule has 0 spiro atoms. The highest BCUT2D eigenvalue weighted by atomic mass is 79.9. The van der Waals surface area contributed by atoms with Gasteiger partial charge in [-0.1, -0.05) is 22.0 Å². The fraction of sp³-hybridized carbons (Fsp3) is 0.333. The Kier molecular flexibility index (Phi) is 5.34. The molecule has 1 atom stereocenters. The summed E-state index contributed by atoms with van der Waals surface area (Å²) in [5, 5.41) is 0. The molecule has 1 nitrogen and oxygen atoms in total. The molecule has 1 unspecified atom stereocenters. The lowest BCUT2D eigenvalue weighted by molar-refractivity contribution is -0.203. The molecule has 100 valence electrons. The van der Waals surface area contributed by atoms with E-state index in [-0.39, 0.29) is 13.0 Å². The van der Waals surface area contributed by atoms with Crippen molar-refractivity contribution in [1.82, 2.24) is 0 Å². The molecule has 0 aliphatic carbocycles. The van der Waals surface area contributed by atoms with E-state index in [0.717, 1.165) is 0 Å². The number of halogens is 5. The molecule has 0 fully saturated rings. The van der Waals surface area contributed by atoms with Crippen LogP contribution in [0.15, 0.2) is 35.3 Å². The van der Waals surface area contributed by atoms with Crippen LogP contribution in [0.25, 0.3) is 0 Å². The first-order valence-corrected chi connectivity index (χ1v) is 5.88. The number of alkyl halides is 3. The van der Waals surface area contributed by atoms with Crippen LogP contribution in [0.1, 0.15) is 5.56 Å². The molecule has 0 N–H and O–H groups in total. The molecule has 0 aromatic heterocycles. The maximum Gasteiger partial charge on any atom is 0.418 e. The molecule has 0 aliphatic heterocycles. The SMILES string of the molecule is C=CC(OCCc1cc(Br)ccc1F)C(F)(F)F. The minimum absolute atomic E-state index is 0.0612. The number of rotatable bonds is 5. The van der Waals surface area contributed by atoms with Crippen molar-refractivity contribution in [3.8, 4) is 0 Å². The summed E-state index contributed by atoms with van der Waals surface area (Å²) in [5.74, 6) is -0.469. The van der Waals surface area contributed by atoms with Crippen LogP contribution in [0.3, 0.4) is 0 Å². The highest BCUT2D eigenvalue weighted by Crippen LogP contribution is 2.24. The predicted octanol–water partition coefficient (Wildman–Crippen LogP) is 4.26. The lowest BCUT2D eigenvalue weighted by atomic mass is 10.1. The maximum atomic E-state index is 13.3. The molecule has 6 heteroatoms. The zero-order valence-corrected chi connectivity index (χ0v) is 10.9. The molecule has 0 aliphatic rings. The molecule has 0 saturated carbocycles. The van der Waals surface area contributed by atoms with Gasteiger partial charge in [-0.05, 0) is 30.2 Å². The Morgan fingerprint density at radius 1 is 1.39 bits per heavy atom. The van der Waals surface area contributed by atoms with Crippen LogP contribution in [-0.4, -0.2) is 18.9 Å². The summed E-state index contributed by atoms with van der Waals surface area (Å²) in [7, 11) is 0. The average Bonchev–Trinajstić information content (AvgIpc) is 2.27. The highest BCUT2D eigenvalue weighted by Gasteiger charge is 2.38. The fourth-order valence-electron chi connectivity index (χ4n) is 1.33. The summed E-state index contributed by atoms with van der Waals surface area (Å²) in [4.78, 5) is 0. The second-order valence-electron chi connectivity index (χ2n) is 3.55. The second-order valence-corrected chi connectivity index (χ2v) is 4.47. The fourth-order valence-corrected chi connectivity index (χ4v) is 1.74. The highest BCUT2D eigenvalue weighted by molar-refractivity contribution is 9.10. The first-order chi connectivity index (χ1) is 8.34. The van der Waals surface area contributed by atoms with Gasteiger partial charge >= 0.3 is 6.18 Å². The Morgan fingerprint density at radius 2 is 2.06 bits per heavy atom. The minimum atomic E-state index is -4.49. The van der Waals surface area contributed by atoms with Crippen molar-refractivity contribution in [3.05, 3.63) is 46.7 Å². The molecule has 18 heavy (non-hydrogen) atoms. The lowest BCUT2D eigenvalue weighted by Gasteiger charge is -2.17. The van der Waals surface area contributed by atoms with E-state index in [2.05, 4.69) is 27.2 Å². The molecular weight excluding hydrogens is 316 g/mol. The molecular formula is C12H11BrF4O.